The molecule has 0 radical (unpaired) electrons. The summed E-state index contributed by atoms with van der Waals surface area (Å²) in [7, 11) is -4.77. The van der Waals surface area contributed by atoms with E-state index in [0.29, 0.717) is 5.69 Å². The average Bonchev–Trinajstić information content (AvgIpc) is 2.47. The van der Waals surface area contributed by atoms with Gasteiger partial charge in [-0.3, -0.25) is 4.52 Å². The number of hydrogen-bond acceptors (Lipinski definition) is 8. The second kappa shape index (κ2) is 7.12. The van der Waals surface area contributed by atoms with Crippen LogP contribution in [-0.2, 0) is 13.8 Å². The second-order valence-electron chi connectivity index (χ2n) is 4.98. The lowest BCUT2D eigenvalue weighted by atomic mass is 9.99. The van der Waals surface area contributed by atoms with E-state index in [1.807, 2.05) is 0 Å². The monoisotopic (exact) mass is 351 g/mol. The fourth-order valence-corrected chi connectivity index (χ4v) is 2.40. The molecule has 1 aliphatic heterocycles. The topological polar surface area (TPSA) is 172 Å². The van der Waals surface area contributed by atoms with Crippen LogP contribution in [0.2, 0.25) is 0 Å². The van der Waals surface area contributed by atoms with Crippen LogP contribution >= 0.6 is 7.82 Å². The number of hydrogen-bond donors (Lipinski definition) is 6. The zero-order valence-electron chi connectivity index (χ0n) is 11.8. The minimum absolute atomic E-state index is 0.281. The Morgan fingerprint density at radius 1 is 1.13 bits per heavy atom. The Labute approximate surface area is 131 Å². The van der Waals surface area contributed by atoms with Crippen molar-refractivity contribution < 1.29 is 43.7 Å². The van der Waals surface area contributed by atoms with Gasteiger partial charge in [-0.25, -0.2) is 4.57 Å². The second-order valence-corrected chi connectivity index (χ2v) is 6.22. The molecule has 2 rings (SSSR count). The molecular formula is C12H18NO9P. The summed E-state index contributed by atoms with van der Waals surface area (Å²) >= 11 is 0. The number of rotatable bonds is 5. The van der Waals surface area contributed by atoms with E-state index in [2.05, 4.69) is 4.52 Å². The minimum Gasteiger partial charge on any atom is -0.482 e. The summed E-state index contributed by atoms with van der Waals surface area (Å²) < 4.78 is 25.2. The molecule has 1 heterocycles. The average molecular weight is 351 g/mol. The number of ether oxygens (including phenoxy) is 2. The van der Waals surface area contributed by atoms with Crippen LogP contribution in [0, 0.1) is 0 Å². The van der Waals surface area contributed by atoms with Gasteiger partial charge in [0, 0.05) is 5.69 Å². The first-order chi connectivity index (χ1) is 10.7. The van der Waals surface area contributed by atoms with Crippen molar-refractivity contribution in [3.8, 4) is 5.75 Å². The predicted molar refractivity (Wildman–Crippen MR) is 76.2 cm³/mol. The Balaban J connectivity index is 2.02. The first kappa shape index (κ1) is 18.1. The molecule has 0 saturated carbocycles. The molecule has 7 N–H and O–H groups in total. The molecule has 0 bridgehead atoms. The first-order valence-electron chi connectivity index (χ1n) is 6.59. The van der Waals surface area contributed by atoms with E-state index >= 15 is 0 Å². The summed E-state index contributed by atoms with van der Waals surface area (Å²) in [6.45, 7) is -0.714. The predicted octanol–water partition coefficient (Wildman–Crippen LogP) is -1.44. The van der Waals surface area contributed by atoms with Gasteiger partial charge in [0.1, 0.15) is 24.1 Å². The van der Waals surface area contributed by atoms with Gasteiger partial charge in [0.2, 0.25) is 0 Å². The summed E-state index contributed by atoms with van der Waals surface area (Å²) in [5.41, 5.74) is 6.02. The lowest BCUT2D eigenvalue weighted by Crippen LogP contribution is -2.60. The Morgan fingerprint density at radius 3 is 2.30 bits per heavy atom. The van der Waals surface area contributed by atoms with E-state index in [-0.39, 0.29) is 5.75 Å². The van der Waals surface area contributed by atoms with Gasteiger partial charge in [0.05, 0.1) is 6.61 Å². The molecule has 0 aliphatic carbocycles. The Kier molecular flexibility index (Phi) is 5.61. The number of aliphatic hydroxyl groups excluding tert-OH is 3. The molecule has 1 aromatic carbocycles. The molecular weight excluding hydrogens is 333 g/mol. The molecule has 0 aromatic heterocycles. The third kappa shape index (κ3) is 4.87. The van der Waals surface area contributed by atoms with Crippen LogP contribution in [0.25, 0.3) is 0 Å². The van der Waals surface area contributed by atoms with E-state index in [1.165, 1.54) is 12.1 Å². The number of aliphatic hydroxyl groups is 3. The quantitative estimate of drug-likeness (QED) is 0.273. The van der Waals surface area contributed by atoms with Gasteiger partial charge < -0.3 is 40.3 Å². The standard InChI is InChI=1S/C12H18NO9P/c13-6-1-3-7(4-2-6)21-11-10(15)9(14)8(22-12(11)16)5-20-23(17,18)19/h1-4,8-12,14-16H,5,13H2,(H2,17,18,19)/t8-,9-,10+,11+,12+/m1/s1. The summed E-state index contributed by atoms with van der Waals surface area (Å²) in [5.74, 6) is 0.281. The Morgan fingerprint density at radius 2 is 1.74 bits per heavy atom. The van der Waals surface area contributed by atoms with Crippen LogP contribution in [0.4, 0.5) is 5.69 Å². The van der Waals surface area contributed by atoms with Gasteiger partial charge in [0.25, 0.3) is 0 Å². The maximum absolute atomic E-state index is 10.7. The molecule has 1 aromatic rings. The molecule has 0 amide bonds. The summed E-state index contributed by atoms with van der Waals surface area (Å²) in [6.07, 6.45) is -7.43. The number of nitrogens with two attached hydrogens (primary N) is 1. The van der Waals surface area contributed by atoms with Crippen LogP contribution < -0.4 is 10.5 Å². The molecule has 130 valence electrons. The van der Waals surface area contributed by atoms with Crippen LogP contribution in [0.5, 0.6) is 5.75 Å². The number of phosphoric ester groups is 1. The van der Waals surface area contributed by atoms with E-state index in [4.69, 9.17) is 25.0 Å². The lowest BCUT2D eigenvalue weighted by Gasteiger charge is -2.40. The Bertz CT molecular complexity index is 562. The van der Waals surface area contributed by atoms with Gasteiger partial charge in [0.15, 0.2) is 12.4 Å². The molecule has 23 heavy (non-hydrogen) atoms. The zero-order chi connectivity index (χ0) is 17.2. The van der Waals surface area contributed by atoms with Crippen molar-refractivity contribution in [2.75, 3.05) is 12.3 Å². The molecule has 5 atom stereocenters. The smallest absolute Gasteiger partial charge is 0.469 e. The third-order valence-corrected chi connectivity index (χ3v) is 3.71. The van der Waals surface area contributed by atoms with E-state index in [9.17, 15) is 19.9 Å². The summed E-state index contributed by atoms with van der Waals surface area (Å²) in [6, 6.07) is 6.10. The largest absolute Gasteiger partial charge is 0.482 e. The molecule has 1 aliphatic rings. The van der Waals surface area contributed by atoms with Crippen molar-refractivity contribution in [1.29, 1.82) is 0 Å². The number of nitrogen functional groups attached to an aromatic ring is 1. The number of phosphoric acid groups is 1. The number of benzene rings is 1. The van der Waals surface area contributed by atoms with Gasteiger partial charge in [-0.15, -0.1) is 0 Å². The highest BCUT2D eigenvalue weighted by molar-refractivity contribution is 7.46. The van der Waals surface area contributed by atoms with E-state index < -0.39 is 45.1 Å². The molecule has 11 heteroatoms. The SMILES string of the molecule is Nc1ccc(O[C@H]2[C@@H](O)[C@H](O)[C@@H](COP(=O)(O)O)O[C@@H]2O)cc1. The van der Waals surface area contributed by atoms with Gasteiger partial charge in [-0.2, -0.15) is 0 Å². The molecule has 1 fully saturated rings. The van der Waals surface area contributed by atoms with Crippen molar-refractivity contribution in [3.05, 3.63) is 24.3 Å². The van der Waals surface area contributed by atoms with Crippen molar-refractivity contribution in [3.63, 3.8) is 0 Å². The molecule has 0 unspecified atom stereocenters. The normalized spacial score (nSPS) is 31.8. The van der Waals surface area contributed by atoms with Crippen molar-refractivity contribution in [2.45, 2.75) is 30.7 Å². The van der Waals surface area contributed by atoms with Crippen LogP contribution in [0.1, 0.15) is 0 Å². The highest BCUT2D eigenvalue weighted by Crippen LogP contribution is 2.37. The van der Waals surface area contributed by atoms with E-state index in [1.54, 1.807) is 12.1 Å². The molecule has 10 nitrogen and oxygen atoms in total. The van der Waals surface area contributed by atoms with Gasteiger partial charge in [-0.1, -0.05) is 0 Å². The lowest BCUT2D eigenvalue weighted by molar-refractivity contribution is -0.279. The highest BCUT2D eigenvalue weighted by Gasteiger charge is 2.46. The Hall–Kier alpha value is -1.23. The zero-order valence-corrected chi connectivity index (χ0v) is 12.7. The number of anilines is 1. The molecule has 1 saturated heterocycles. The highest BCUT2D eigenvalue weighted by atomic mass is 31.2. The van der Waals surface area contributed by atoms with Gasteiger partial charge in [-0.05, 0) is 24.3 Å². The van der Waals surface area contributed by atoms with E-state index in [0.717, 1.165) is 0 Å². The van der Waals surface area contributed by atoms with Crippen molar-refractivity contribution >= 4 is 13.5 Å². The van der Waals surface area contributed by atoms with Gasteiger partial charge >= 0.3 is 7.82 Å². The van der Waals surface area contributed by atoms with Crippen molar-refractivity contribution in [1.82, 2.24) is 0 Å². The maximum Gasteiger partial charge on any atom is 0.469 e. The van der Waals surface area contributed by atoms with Crippen LogP contribution in [0.3, 0.4) is 0 Å². The summed E-state index contributed by atoms with van der Waals surface area (Å²) in [5, 5.41) is 29.8. The summed E-state index contributed by atoms with van der Waals surface area (Å²) in [4.78, 5) is 17.3. The fourth-order valence-electron chi connectivity index (χ4n) is 2.06. The van der Waals surface area contributed by atoms with Crippen molar-refractivity contribution in [2.24, 2.45) is 0 Å². The van der Waals surface area contributed by atoms with Crippen LogP contribution in [0.15, 0.2) is 24.3 Å². The molecule has 0 spiro atoms. The maximum atomic E-state index is 10.7. The van der Waals surface area contributed by atoms with Crippen LogP contribution in [-0.4, -0.2) is 62.4 Å². The third-order valence-electron chi connectivity index (χ3n) is 3.22. The minimum atomic E-state index is -4.77. The fraction of sp³-hybridized carbons (Fsp3) is 0.500. The first-order valence-corrected chi connectivity index (χ1v) is 8.12.